The lowest BCUT2D eigenvalue weighted by molar-refractivity contribution is -0.0916. The Morgan fingerprint density at radius 3 is 2.48 bits per heavy atom. The van der Waals surface area contributed by atoms with E-state index in [-0.39, 0.29) is 22.7 Å². The van der Waals surface area contributed by atoms with Crippen molar-refractivity contribution in [1.29, 1.82) is 0 Å². The third-order valence-electron chi connectivity index (χ3n) is 8.07. The van der Waals surface area contributed by atoms with Gasteiger partial charge in [-0.2, -0.15) is 0 Å². The lowest BCUT2D eigenvalue weighted by atomic mass is 9.46. The Morgan fingerprint density at radius 1 is 1.04 bits per heavy atom. The van der Waals surface area contributed by atoms with Crippen LogP contribution in [0.2, 0.25) is 0 Å². The van der Waals surface area contributed by atoms with Crippen molar-refractivity contribution in [3.05, 3.63) is 23.5 Å². The summed E-state index contributed by atoms with van der Waals surface area (Å²) >= 11 is 0. The monoisotopic (exact) mass is 318 g/mol. The van der Waals surface area contributed by atoms with Gasteiger partial charge in [0.1, 0.15) is 0 Å². The Kier molecular flexibility index (Phi) is 3.32. The van der Waals surface area contributed by atoms with Gasteiger partial charge in [-0.25, -0.2) is 0 Å². The average molecular weight is 318 g/mol. The molecule has 2 fully saturated rings. The van der Waals surface area contributed by atoms with Crippen LogP contribution in [0.15, 0.2) is 23.5 Å². The normalized spacial score (nSPS) is 55.3. The molecule has 128 valence electrons. The lowest BCUT2D eigenvalue weighted by Crippen LogP contribution is -2.56. The van der Waals surface area contributed by atoms with Crippen molar-refractivity contribution < 1.29 is 15.3 Å². The molecule has 5 unspecified atom stereocenters. The van der Waals surface area contributed by atoms with Crippen LogP contribution in [-0.4, -0.2) is 27.5 Å². The van der Waals surface area contributed by atoms with Crippen LogP contribution in [0.1, 0.15) is 52.9 Å². The molecule has 3 nitrogen and oxygen atoms in total. The average Bonchev–Trinajstić information content (AvgIpc) is 2.82. The minimum absolute atomic E-state index is 0.00929. The predicted molar refractivity (Wildman–Crippen MR) is 89.7 cm³/mol. The van der Waals surface area contributed by atoms with E-state index >= 15 is 0 Å². The van der Waals surface area contributed by atoms with Gasteiger partial charge in [0.25, 0.3) is 0 Å². The Bertz CT molecular complexity index is 579. The summed E-state index contributed by atoms with van der Waals surface area (Å²) in [6, 6.07) is 0. The van der Waals surface area contributed by atoms with Crippen molar-refractivity contribution in [2.24, 2.45) is 34.5 Å². The van der Waals surface area contributed by atoms with Crippen molar-refractivity contribution in [1.82, 2.24) is 0 Å². The zero-order valence-electron chi connectivity index (χ0n) is 14.5. The van der Waals surface area contributed by atoms with Crippen LogP contribution in [0.25, 0.3) is 0 Å². The maximum Gasteiger partial charge on any atom is 0.0944 e. The van der Waals surface area contributed by atoms with Gasteiger partial charge in [-0.3, -0.25) is 0 Å². The maximum atomic E-state index is 10.9. The number of hydrogen-bond donors (Lipinski definition) is 3. The third-order valence-corrected chi connectivity index (χ3v) is 8.07. The number of aliphatic hydroxyl groups is 3. The Balaban J connectivity index is 1.76. The van der Waals surface area contributed by atoms with E-state index < -0.39 is 12.2 Å². The summed E-state index contributed by atoms with van der Waals surface area (Å²) in [5, 5.41) is 32.0. The highest BCUT2D eigenvalue weighted by molar-refractivity contribution is 5.32. The number of rotatable bonds is 0. The first-order chi connectivity index (χ1) is 10.8. The van der Waals surface area contributed by atoms with Gasteiger partial charge in [-0.15, -0.1) is 0 Å². The minimum atomic E-state index is -0.494. The largest absolute Gasteiger partial charge is 0.512 e. The van der Waals surface area contributed by atoms with E-state index in [9.17, 15) is 15.3 Å². The van der Waals surface area contributed by atoms with Crippen LogP contribution in [0, 0.1) is 34.5 Å². The van der Waals surface area contributed by atoms with Crippen LogP contribution < -0.4 is 0 Å². The Hall–Kier alpha value is -0.800. The van der Waals surface area contributed by atoms with Gasteiger partial charge in [0.05, 0.1) is 18.0 Å². The van der Waals surface area contributed by atoms with Crippen molar-refractivity contribution in [3.63, 3.8) is 0 Å². The number of allylic oxidation sites excluding steroid dienone is 2. The topological polar surface area (TPSA) is 60.7 Å². The summed E-state index contributed by atoms with van der Waals surface area (Å²) in [6.07, 6.45) is 8.09. The van der Waals surface area contributed by atoms with E-state index in [1.54, 1.807) is 0 Å². The molecule has 2 saturated carbocycles. The van der Waals surface area contributed by atoms with Crippen molar-refractivity contribution in [2.45, 2.75) is 65.1 Å². The quantitative estimate of drug-likeness (QED) is 0.598. The van der Waals surface area contributed by atoms with E-state index in [1.807, 2.05) is 12.2 Å². The molecule has 0 aromatic carbocycles. The fourth-order valence-electron chi connectivity index (χ4n) is 6.42. The molecule has 0 radical (unpaired) electrons. The lowest BCUT2D eigenvalue weighted by Gasteiger charge is -2.59. The predicted octanol–water partition coefficient (Wildman–Crippen LogP) is 3.58. The third kappa shape index (κ3) is 1.90. The molecule has 0 heterocycles. The molecular weight excluding hydrogens is 288 g/mol. The van der Waals surface area contributed by atoms with Gasteiger partial charge < -0.3 is 15.3 Å². The summed E-state index contributed by atoms with van der Waals surface area (Å²) in [5.74, 6) is 1.75. The van der Waals surface area contributed by atoms with Crippen molar-refractivity contribution >= 4 is 0 Å². The minimum Gasteiger partial charge on any atom is -0.512 e. The fraction of sp³-hybridized carbons (Fsp3) is 0.800. The molecular formula is C20H30O3. The molecule has 0 aromatic rings. The summed E-state index contributed by atoms with van der Waals surface area (Å²) in [5.41, 5.74) is 0.934. The number of fused-ring (bicyclic) bond motifs is 5. The molecule has 0 bridgehead atoms. The van der Waals surface area contributed by atoms with E-state index in [0.29, 0.717) is 17.6 Å². The van der Waals surface area contributed by atoms with E-state index in [4.69, 9.17) is 0 Å². The summed E-state index contributed by atoms with van der Waals surface area (Å²) in [7, 11) is 0. The zero-order chi connectivity index (χ0) is 16.6. The van der Waals surface area contributed by atoms with E-state index in [1.165, 1.54) is 0 Å². The molecule has 4 rings (SSSR count). The zero-order valence-corrected chi connectivity index (χ0v) is 14.5. The second-order valence-corrected chi connectivity index (χ2v) is 9.06. The first kappa shape index (κ1) is 15.7. The molecule has 3 N–H and O–H groups in total. The maximum absolute atomic E-state index is 10.9. The molecule has 0 amide bonds. The first-order valence-electron chi connectivity index (χ1n) is 9.27. The summed E-state index contributed by atoms with van der Waals surface area (Å²) in [4.78, 5) is 0. The van der Waals surface area contributed by atoms with Gasteiger partial charge in [0, 0.05) is 5.41 Å². The first-order valence-corrected chi connectivity index (χ1v) is 9.27. The number of hydrogen-bond acceptors (Lipinski definition) is 3. The molecule has 4 aliphatic rings. The molecule has 4 aliphatic carbocycles. The Morgan fingerprint density at radius 2 is 1.74 bits per heavy atom. The van der Waals surface area contributed by atoms with Gasteiger partial charge in [-0.1, -0.05) is 26.8 Å². The van der Waals surface area contributed by atoms with Crippen LogP contribution in [-0.2, 0) is 0 Å². The van der Waals surface area contributed by atoms with Crippen LogP contribution in [0.4, 0.5) is 0 Å². The highest BCUT2D eigenvalue weighted by Gasteiger charge is 2.60. The molecule has 0 aliphatic heterocycles. The molecule has 8 atom stereocenters. The van der Waals surface area contributed by atoms with E-state index in [2.05, 4.69) is 20.8 Å². The SMILES string of the molecule is C[C@H]1CCC2(C)C(=C[C@H](O)C3C4CC=C(O)C4(C)CCC32)[C@H]1O. The van der Waals surface area contributed by atoms with Gasteiger partial charge >= 0.3 is 0 Å². The standard InChI is InChI=1S/C20H30O3/c1-11-6-8-19(2)13-7-9-20(3)12(4-5-16(20)22)17(13)15(21)10-14(19)18(11)23/h5,10-13,15,17-18,21-23H,4,6-9H2,1-3H3/t11-,12?,13?,15-,17?,18-,19?,20?/m0/s1. The fourth-order valence-corrected chi connectivity index (χ4v) is 6.42. The summed E-state index contributed by atoms with van der Waals surface area (Å²) < 4.78 is 0. The molecule has 23 heavy (non-hydrogen) atoms. The van der Waals surface area contributed by atoms with Gasteiger partial charge in [-0.05, 0) is 72.8 Å². The molecule has 3 heteroatoms. The molecule has 0 spiro atoms. The van der Waals surface area contributed by atoms with Crippen LogP contribution in [0.5, 0.6) is 0 Å². The molecule has 0 saturated heterocycles. The van der Waals surface area contributed by atoms with Crippen molar-refractivity contribution in [3.8, 4) is 0 Å². The van der Waals surface area contributed by atoms with Gasteiger partial charge in [0.2, 0.25) is 0 Å². The molecule has 0 aromatic heterocycles. The van der Waals surface area contributed by atoms with E-state index in [0.717, 1.165) is 37.7 Å². The van der Waals surface area contributed by atoms with Crippen molar-refractivity contribution in [2.75, 3.05) is 0 Å². The summed E-state index contributed by atoms with van der Waals surface area (Å²) in [6.45, 7) is 6.58. The smallest absolute Gasteiger partial charge is 0.0944 e. The highest BCUT2D eigenvalue weighted by atomic mass is 16.3. The highest BCUT2D eigenvalue weighted by Crippen LogP contribution is 2.64. The second-order valence-electron chi connectivity index (χ2n) is 9.06. The number of aliphatic hydroxyl groups excluding tert-OH is 3. The van der Waals surface area contributed by atoms with Crippen LogP contribution >= 0.6 is 0 Å². The van der Waals surface area contributed by atoms with Crippen LogP contribution in [0.3, 0.4) is 0 Å². The van der Waals surface area contributed by atoms with Gasteiger partial charge in [0.15, 0.2) is 0 Å². The second kappa shape index (κ2) is 4.86. The Labute approximate surface area is 139 Å².